The van der Waals surface area contributed by atoms with Crippen LogP contribution < -0.4 is 5.32 Å². The maximum atomic E-state index is 5.21. The number of hydrogen-bond acceptors (Lipinski definition) is 2. The van der Waals surface area contributed by atoms with Gasteiger partial charge in [-0.1, -0.05) is 5.92 Å². The lowest BCUT2D eigenvalue weighted by atomic mass is 10.3. The highest BCUT2D eigenvalue weighted by molar-refractivity contribution is 9.10. The Morgan fingerprint density at radius 1 is 1.67 bits per heavy atom. The molecule has 3 heteroatoms. The van der Waals surface area contributed by atoms with Crippen molar-refractivity contribution in [1.82, 2.24) is 4.98 Å². The maximum absolute atomic E-state index is 5.21. The van der Waals surface area contributed by atoms with Gasteiger partial charge in [0.15, 0.2) is 0 Å². The predicted octanol–water partition coefficient (Wildman–Crippen LogP) is 2.28. The molecule has 0 radical (unpaired) electrons. The van der Waals surface area contributed by atoms with E-state index < -0.39 is 0 Å². The number of pyridine rings is 1. The molecule has 0 aliphatic rings. The molecule has 62 valence electrons. The van der Waals surface area contributed by atoms with Gasteiger partial charge in [-0.2, -0.15) is 0 Å². The Balaban J connectivity index is 2.71. The summed E-state index contributed by atoms with van der Waals surface area (Å²) in [6, 6.07) is 1.96. The Hall–Kier alpha value is -1.01. The smallest absolute Gasteiger partial charge is 0.0846 e. The fourth-order valence-corrected chi connectivity index (χ4v) is 1.15. The van der Waals surface area contributed by atoms with Crippen molar-refractivity contribution in [2.45, 2.75) is 13.0 Å². The predicted molar refractivity (Wildman–Crippen MR) is 53.9 cm³/mol. The van der Waals surface area contributed by atoms with E-state index in [1.165, 1.54) is 0 Å². The van der Waals surface area contributed by atoms with Crippen LogP contribution in [0.3, 0.4) is 0 Å². The summed E-state index contributed by atoms with van der Waals surface area (Å²) in [6.07, 6.45) is 8.68. The summed E-state index contributed by atoms with van der Waals surface area (Å²) in [5, 5.41) is 3.10. The first-order chi connectivity index (χ1) is 5.72. The summed E-state index contributed by atoms with van der Waals surface area (Å²) in [7, 11) is 0. The largest absolute Gasteiger partial charge is 0.371 e. The first-order valence-electron chi connectivity index (χ1n) is 3.55. The second kappa shape index (κ2) is 4.13. The lowest BCUT2D eigenvalue weighted by Crippen LogP contribution is -2.11. The Morgan fingerprint density at radius 3 is 3.00 bits per heavy atom. The van der Waals surface area contributed by atoms with E-state index in [9.17, 15) is 0 Å². The Morgan fingerprint density at radius 2 is 2.42 bits per heavy atom. The summed E-state index contributed by atoms with van der Waals surface area (Å²) in [5.41, 5.74) is 0.926. The van der Waals surface area contributed by atoms with Gasteiger partial charge in [0.25, 0.3) is 0 Å². The van der Waals surface area contributed by atoms with Crippen molar-refractivity contribution < 1.29 is 0 Å². The minimum absolute atomic E-state index is 0.0288. The molecule has 1 unspecified atom stereocenters. The standard InChI is InChI=1S/C9H9BrN2/c1-3-7(2)12-9-4-8(10)5-11-6-9/h1,4-7,12H,2H3. The number of rotatable bonds is 2. The Labute approximate surface area is 80.5 Å². The molecule has 0 amide bonds. The summed E-state index contributed by atoms with van der Waals surface area (Å²) in [5.74, 6) is 2.58. The van der Waals surface area contributed by atoms with E-state index >= 15 is 0 Å². The molecule has 2 nitrogen and oxygen atoms in total. The molecule has 0 aliphatic carbocycles. The van der Waals surface area contributed by atoms with Crippen molar-refractivity contribution in [1.29, 1.82) is 0 Å². The van der Waals surface area contributed by atoms with Crippen LogP contribution in [0.2, 0.25) is 0 Å². The zero-order valence-electron chi connectivity index (χ0n) is 6.71. The summed E-state index contributed by atoms with van der Waals surface area (Å²) >= 11 is 3.32. The highest BCUT2D eigenvalue weighted by Crippen LogP contribution is 2.13. The average Bonchev–Trinajstić information content (AvgIpc) is 2.04. The van der Waals surface area contributed by atoms with Gasteiger partial charge in [0, 0.05) is 10.7 Å². The molecule has 0 saturated heterocycles. The number of nitrogens with one attached hydrogen (secondary N) is 1. The van der Waals surface area contributed by atoms with Crippen molar-refractivity contribution in [2.75, 3.05) is 5.32 Å². The molecule has 0 saturated carbocycles. The van der Waals surface area contributed by atoms with Crippen LogP contribution in [0.25, 0.3) is 0 Å². The molecule has 12 heavy (non-hydrogen) atoms. The molecular weight excluding hydrogens is 216 g/mol. The number of halogens is 1. The van der Waals surface area contributed by atoms with Crippen molar-refractivity contribution in [3.63, 3.8) is 0 Å². The van der Waals surface area contributed by atoms with Gasteiger partial charge in [0.2, 0.25) is 0 Å². The van der Waals surface area contributed by atoms with Crippen LogP contribution in [0, 0.1) is 12.3 Å². The van der Waals surface area contributed by atoms with Crippen LogP contribution in [0.1, 0.15) is 6.92 Å². The first-order valence-corrected chi connectivity index (χ1v) is 4.35. The average molecular weight is 225 g/mol. The highest BCUT2D eigenvalue weighted by atomic mass is 79.9. The van der Waals surface area contributed by atoms with Crippen LogP contribution in [0.15, 0.2) is 22.9 Å². The highest BCUT2D eigenvalue weighted by Gasteiger charge is 1.97. The van der Waals surface area contributed by atoms with Crippen molar-refractivity contribution in [3.05, 3.63) is 22.9 Å². The minimum Gasteiger partial charge on any atom is -0.371 e. The van der Waals surface area contributed by atoms with Gasteiger partial charge < -0.3 is 5.32 Å². The third kappa shape index (κ3) is 2.55. The molecule has 0 aromatic carbocycles. The fraction of sp³-hybridized carbons (Fsp3) is 0.222. The summed E-state index contributed by atoms with van der Waals surface area (Å²) in [6.45, 7) is 1.92. The molecule has 1 aromatic heterocycles. The molecule has 0 aliphatic heterocycles. The Bertz CT molecular complexity index is 304. The summed E-state index contributed by atoms with van der Waals surface area (Å²) in [4.78, 5) is 3.99. The van der Waals surface area contributed by atoms with E-state index in [1.54, 1.807) is 12.4 Å². The molecule has 0 fully saturated rings. The lowest BCUT2D eigenvalue weighted by Gasteiger charge is -2.08. The zero-order valence-corrected chi connectivity index (χ0v) is 8.30. The van der Waals surface area contributed by atoms with Crippen molar-refractivity contribution in [3.8, 4) is 12.3 Å². The van der Waals surface area contributed by atoms with Gasteiger partial charge in [0.1, 0.15) is 0 Å². The van der Waals surface area contributed by atoms with Gasteiger partial charge in [0.05, 0.1) is 17.9 Å². The minimum atomic E-state index is 0.0288. The monoisotopic (exact) mass is 224 g/mol. The number of hydrogen-bond donors (Lipinski definition) is 1. The molecular formula is C9H9BrN2. The number of aromatic nitrogens is 1. The van der Waals surface area contributed by atoms with Crippen molar-refractivity contribution >= 4 is 21.6 Å². The van der Waals surface area contributed by atoms with Crippen molar-refractivity contribution in [2.24, 2.45) is 0 Å². The molecule has 0 bridgehead atoms. The zero-order chi connectivity index (χ0) is 8.97. The van der Waals surface area contributed by atoms with Gasteiger partial charge >= 0.3 is 0 Å². The Kier molecular flexibility index (Phi) is 3.12. The fourth-order valence-electron chi connectivity index (χ4n) is 0.782. The SMILES string of the molecule is C#CC(C)Nc1cncc(Br)c1. The molecule has 1 aromatic rings. The normalized spacial score (nSPS) is 11.8. The van der Waals surface area contributed by atoms with E-state index in [2.05, 4.69) is 32.2 Å². The lowest BCUT2D eigenvalue weighted by molar-refractivity contribution is 1.03. The summed E-state index contributed by atoms with van der Waals surface area (Å²) < 4.78 is 0.941. The molecule has 1 atom stereocenters. The van der Waals surface area contributed by atoms with Gasteiger partial charge in [-0.25, -0.2) is 0 Å². The maximum Gasteiger partial charge on any atom is 0.0846 e. The quantitative estimate of drug-likeness (QED) is 0.781. The van der Waals surface area contributed by atoms with Crippen LogP contribution in [0.5, 0.6) is 0 Å². The topological polar surface area (TPSA) is 24.9 Å². The number of terminal acetylenes is 1. The third-order valence-corrected chi connectivity index (χ3v) is 1.77. The van der Waals surface area contributed by atoms with E-state index in [1.807, 2.05) is 13.0 Å². The van der Waals surface area contributed by atoms with E-state index in [-0.39, 0.29) is 6.04 Å². The molecule has 0 spiro atoms. The van der Waals surface area contributed by atoms with E-state index in [4.69, 9.17) is 6.42 Å². The second-order valence-corrected chi connectivity index (χ2v) is 3.34. The van der Waals surface area contributed by atoms with E-state index in [0.29, 0.717) is 0 Å². The molecule has 1 N–H and O–H groups in total. The number of anilines is 1. The van der Waals surface area contributed by atoms with Gasteiger partial charge in [-0.3, -0.25) is 4.98 Å². The third-order valence-electron chi connectivity index (χ3n) is 1.34. The number of nitrogens with zero attached hydrogens (tertiary/aromatic N) is 1. The molecule has 1 heterocycles. The first kappa shape index (κ1) is 9.08. The van der Waals surface area contributed by atoms with E-state index in [0.717, 1.165) is 10.2 Å². The molecule has 1 rings (SSSR count). The second-order valence-electron chi connectivity index (χ2n) is 2.42. The van der Waals surface area contributed by atoms with Crippen LogP contribution in [0.4, 0.5) is 5.69 Å². The van der Waals surface area contributed by atoms with Crippen LogP contribution in [-0.4, -0.2) is 11.0 Å². The van der Waals surface area contributed by atoms with Crippen LogP contribution >= 0.6 is 15.9 Å². The van der Waals surface area contributed by atoms with Gasteiger partial charge in [-0.05, 0) is 28.9 Å². The van der Waals surface area contributed by atoms with Gasteiger partial charge in [-0.15, -0.1) is 6.42 Å². The van der Waals surface area contributed by atoms with Crippen LogP contribution in [-0.2, 0) is 0 Å².